The van der Waals surface area contributed by atoms with E-state index >= 15 is 0 Å². The van der Waals surface area contributed by atoms with Gasteiger partial charge in [-0.05, 0) is 13.8 Å². The summed E-state index contributed by atoms with van der Waals surface area (Å²) in [5.41, 5.74) is 5.16. The van der Waals surface area contributed by atoms with Crippen molar-refractivity contribution in [3.63, 3.8) is 0 Å². The van der Waals surface area contributed by atoms with Crippen molar-refractivity contribution in [1.82, 2.24) is 0 Å². The smallest absolute Gasteiger partial charge is 0.255 e. The molecule has 0 aliphatic rings. The third-order valence-corrected chi connectivity index (χ3v) is 1.97. The fraction of sp³-hybridized carbons (Fsp3) is 0.300. The van der Waals surface area contributed by atoms with Crippen molar-refractivity contribution in [2.75, 3.05) is 5.32 Å². The highest BCUT2D eigenvalue weighted by Gasteiger charge is 2.25. The van der Waals surface area contributed by atoms with Crippen LogP contribution >= 0.6 is 0 Å². The van der Waals surface area contributed by atoms with Crippen LogP contribution in [0.4, 0.5) is 5.88 Å². The molecule has 1 heterocycles. The second-order valence-corrected chi connectivity index (χ2v) is 3.34. The number of nitrogens with two attached hydrogens (primary N) is 1. The van der Waals surface area contributed by atoms with Crippen LogP contribution in [0.25, 0.3) is 0 Å². The highest BCUT2D eigenvalue weighted by atomic mass is 16.4. The van der Waals surface area contributed by atoms with Gasteiger partial charge in [0.15, 0.2) is 5.78 Å². The van der Waals surface area contributed by atoms with E-state index in [1.807, 2.05) is 0 Å². The van der Waals surface area contributed by atoms with Gasteiger partial charge in [-0.3, -0.25) is 19.7 Å². The number of ketones is 1. The maximum Gasteiger partial charge on any atom is 0.255 e. The fourth-order valence-corrected chi connectivity index (χ4v) is 1.45. The molecule has 0 unspecified atom stereocenters. The van der Waals surface area contributed by atoms with Crippen LogP contribution in [-0.4, -0.2) is 17.6 Å². The van der Waals surface area contributed by atoms with Gasteiger partial charge >= 0.3 is 0 Å². The van der Waals surface area contributed by atoms with Gasteiger partial charge < -0.3 is 10.2 Å². The van der Waals surface area contributed by atoms with Crippen LogP contribution in [0.1, 0.15) is 40.3 Å². The van der Waals surface area contributed by atoms with E-state index in [0.29, 0.717) is 0 Å². The molecule has 0 saturated carbocycles. The van der Waals surface area contributed by atoms with Crippen molar-refractivity contribution in [3.05, 3.63) is 16.9 Å². The number of carbonyl (C=O) groups excluding carboxylic acids is 3. The summed E-state index contributed by atoms with van der Waals surface area (Å²) in [5.74, 6) is -1.39. The summed E-state index contributed by atoms with van der Waals surface area (Å²) in [6.07, 6.45) is 0. The molecule has 6 nitrogen and oxygen atoms in total. The van der Waals surface area contributed by atoms with Crippen LogP contribution < -0.4 is 11.1 Å². The Kier molecular flexibility index (Phi) is 3.12. The average molecular weight is 224 g/mol. The second-order valence-electron chi connectivity index (χ2n) is 3.34. The first kappa shape index (κ1) is 12.0. The fourth-order valence-electron chi connectivity index (χ4n) is 1.45. The molecule has 0 spiro atoms. The largest absolute Gasteiger partial charge is 0.444 e. The number of furan rings is 1. The number of nitrogens with one attached hydrogen (secondary N) is 1. The lowest BCUT2D eigenvalue weighted by Gasteiger charge is -1.99. The van der Waals surface area contributed by atoms with E-state index in [1.54, 1.807) is 0 Å². The zero-order valence-electron chi connectivity index (χ0n) is 9.21. The zero-order chi connectivity index (χ0) is 12.5. The standard InChI is InChI=1S/C10H12N2O4/c1-4(13)7-5(2)16-10(12-6(3)14)8(7)9(11)15/h1-3H3,(H2,11,15)(H,12,14). The van der Waals surface area contributed by atoms with Gasteiger partial charge in [-0.1, -0.05) is 0 Å². The number of primary amides is 1. The number of carbonyl (C=O) groups is 3. The van der Waals surface area contributed by atoms with Crippen LogP contribution in [0, 0.1) is 6.92 Å². The van der Waals surface area contributed by atoms with Crippen molar-refractivity contribution >= 4 is 23.5 Å². The third kappa shape index (κ3) is 2.10. The summed E-state index contributed by atoms with van der Waals surface area (Å²) in [7, 11) is 0. The van der Waals surface area contributed by atoms with E-state index in [4.69, 9.17) is 10.2 Å². The molecule has 1 aromatic rings. The topological polar surface area (TPSA) is 102 Å². The van der Waals surface area contributed by atoms with Gasteiger partial charge in [0.1, 0.15) is 11.3 Å². The highest BCUT2D eigenvalue weighted by Crippen LogP contribution is 2.27. The Balaban J connectivity index is 3.40. The van der Waals surface area contributed by atoms with Crippen LogP contribution in [0.3, 0.4) is 0 Å². The number of hydrogen-bond donors (Lipinski definition) is 2. The first-order valence-corrected chi connectivity index (χ1v) is 4.56. The second kappa shape index (κ2) is 4.18. The highest BCUT2D eigenvalue weighted by molar-refractivity contribution is 6.11. The molecule has 0 atom stereocenters. The molecule has 2 amide bonds. The molecule has 0 saturated heterocycles. The van der Waals surface area contributed by atoms with Gasteiger partial charge in [0.25, 0.3) is 5.91 Å². The number of aryl methyl sites for hydroxylation is 1. The molecule has 1 aromatic heterocycles. The number of hydrogen-bond acceptors (Lipinski definition) is 4. The molecule has 0 bridgehead atoms. The van der Waals surface area contributed by atoms with Gasteiger partial charge in [-0.2, -0.15) is 0 Å². The quantitative estimate of drug-likeness (QED) is 0.743. The monoisotopic (exact) mass is 224 g/mol. The molecule has 0 fully saturated rings. The molecule has 86 valence electrons. The zero-order valence-corrected chi connectivity index (χ0v) is 9.21. The first-order chi connectivity index (χ1) is 7.34. The van der Waals surface area contributed by atoms with Crippen LogP contribution in [0.15, 0.2) is 4.42 Å². The molecule has 6 heteroatoms. The van der Waals surface area contributed by atoms with Crippen molar-refractivity contribution in [3.8, 4) is 0 Å². The summed E-state index contributed by atoms with van der Waals surface area (Å²) in [6.45, 7) is 4.08. The predicted octanol–water partition coefficient (Wildman–Crippen LogP) is 0.848. The normalized spacial score (nSPS) is 9.94. The minimum Gasteiger partial charge on any atom is -0.444 e. The molecule has 0 radical (unpaired) electrons. The number of rotatable bonds is 3. The Hall–Kier alpha value is -2.11. The lowest BCUT2D eigenvalue weighted by atomic mass is 10.1. The van der Waals surface area contributed by atoms with Crippen LogP contribution in [-0.2, 0) is 4.79 Å². The molecular weight excluding hydrogens is 212 g/mol. The van der Waals surface area contributed by atoms with Crippen molar-refractivity contribution in [2.45, 2.75) is 20.8 Å². The maximum atomic E-state index is 11.3. The van der Waals surface area contributed by atoms with Crippen LogP contribution in [0.5, 0.6) is 0 Å². The average Bonchev–Trinajstić information content (AvgIpc) is 2.40. The van der Waals surface area contributed by atoms with E-state index in [9.17, 15) is 14.4 Å². The summed E-state index contributed by atoms with van der Waals surface area (Å²) < 4.78 is 5.13. The molecule has 3 N–H and O–H groups in total. The Morgan fingerprint density at radius 2 is 1.75 bits per heavy atom. The van der Waals surface area contributed by atoms with Gasteiger partial charge in [-0.15, -0.1) is 0 Å². The Bertz CT molecular complexity index is 473. The summed E-state index contributed by atoms with van der Waals surface area (Å²) in [5, 5.41) is 2.31. The van der Waals surface area contributed by atoms with E-state index in [1.165, 1.54) is 20.8 Å². The van der Waals surface area contributed by atoms with Gasteiger partial charge in [0, 0.05) is 6.92 Å². The van der Waals surface area contributed by atoms with Gasteiger partial charge in [0.2, 0.25) is 11.8 Å². The predicted molar refractivity (Wildman–Crippen MR) is 56.3 cm³/mol. The van der Waals surface area contributed by atoms with E-state index in [2.05, 4.69) is 5.32 Å². The Labute approximate surface area is 91.8 Å². The Morgan fingerprint density at radius 3 is 2.12 bits per heavy atom. The van der Waals surface area contributed by atoms with Crippen LogP contribution in [0.2, 0.25) is 0 Å². The summed E-state index contributed by atoms with van der Waals surface area (Å²) in [6, 6.07) is 0. The summed E-state index contributed by atoms with van der Waals surface area (Å²) >= 11 is 0. The van der Waals surface area contributed by atoms with E-state index in [0.717, 1.165) is 0 Å². The molecule has 1 rings (SSSR count). The minimum atomic E-state index is -0.814. The Morgan fingerprint density at radius 1 is 1.19 bits per heavy atom. The maximum absolute atomic E-state index is 11.3. The molecular formula is C10H12N2O4. The van der Waals surface area contributed by atoms with Gasteiger partial charge in [0.05, 0.1) is 5.56 Å². The number of amides is 2. The molecule has 0 aliphatic carbocycles. The van der Waals surface area contributed by atoms with E-state index in [-0.39, 0.29) is 28.6 Å². The van der Waals surface area contributed by atoms with Crippen molar-refractivity contribution in [2.24, 2.45) is 5.73 Å². The third-order valence-electron chi connectivity index (χ3n) is 1.97. The van der Waals surface area contributed by atoms with Crippen molar-refractivity contribution in [1.29, 1.82) is 0 Å². The number of anilines is 1. The van der Waals surface area contributed by atoms with Crippen molar-refractivity contribution < 1.29 is 18.8 Å². The first-order valence-electron chi connectivity index (χ1n) is 4.56. The summed E-state index contributed by atoms with van der Waals surface area (Å²) in [4.78, 5) is 33.4. The lowest BCUT2D eigenvalue weighted by Crippen LogP contribution is -2.17. The lowest BCUT2D eigenvalue weighted by molar-refractivity contribution is -0.114. The van der Waals surface area contributed by atoms with Gasteiger partial charge in [-0.25, -0.2) is 0 Å². The minimum absolute atomic E-state index is 0.0808. The molecule has 0 aromatic carbocycles. The molecule has 0 aliphatic heterocycles. The molecule has 16 heavy (non-hydrogen) atoms. The number of Topliss-reactive ketones (excluding diaryl/α,β-unsaturated/α-hetero) is 1. The van der Waals surface area contributed by atoms with E-state index < -0.39 is 11.8 Å². The SMILES string of the molecule is CC(=O)Nc1oc(C)c(C(C)=O)c1C(N)=O.